The van der Waals surface area contributed by atoms with Crippen molar-refractivity contribution in [2.24, 2.45) is 5.73 Å². The fourth-order valence-electron chi connectivity index (χ4n) is 2.55. The third kappa shape index (κ3) is 3.26. The van der Waals surface area contributed by atoms with E-state index in [-0.39, 0.29) is 6.10 Å². The number of nitrogens with two attached hydrogens (primary N) is 1. The zero-order valence-electron chi connectivity index (χ0n) is 12.3. The number of hydrogen-bond donors (Lipinski definition) is 2. The van der Waals surface area contributed by atoms with Crippen LogP contribution < -0.4 is 16.0 Å². The van der Waals surface area contributed by atoms with Crippen LogP contribution in [0.5, 0.6) is 0 Å². The topological polar surface area (TPSA) is 80.5 Å². The summed E-state index contributed by atoms with van der Waals surface area (Å²) in [5, 5.41) is 3.30. The fourth-order valence-corrected chi connectivity index (χ4v) is 2.55. The maximum absolute atomic E-state index is 11.7. The summed E-state index contributed by atoms with van der Waals surface area (Å²) in [6.45, 7) is 6.85. The number of nitrogens with zero attached hydrogens (tertiary/aromatic N) is 2. The SMILES string of the molecule is Cc1cc(N(C)CC2CNCCO2)c(C(N)=O)c(C)n1. The largest absolute Gasteiger partial charge is 0.374 e. The summed E-state index contributed by atoms with van der Waals surface area (Å²) in [4.78, 5) is 18.0. The summed E-state index contributed by atoms with van der Waals surface area (Å²) in [5.41, 5.74) is 8.33. The number of aryl methyl sites for hydroxylation is 2. The van der Waals surface area contributed by atoms with Gasteiger partial charge in [-0.1, -0.05) is 0 Å². The molecule has 110 valence electrons. The molecule has 1 aromatic heterocycles. The smallest absolute Gasteiger partial charge is 0.252 e. The minimum absolute atomic E-state index is 0.114. The maximum atomic E-state index is 11.7. The lowest BCUT2D eigenvalue weighted by Gasteiger charge is -2.30. The molecule has 1 unspecified atom stereocenters. The van der Waals surface area contributed by atoms with Crippen molar-refractivity contribution in [3.8, 4) is 0 Å². The molecule has 2 rings (SSSR count). The number of morpholine rings is 1. The lowest BCUT2D eigenvalue weighted by Crippen LogP contribution is -2.44. The quantitative estimate of drug-likeness (QED) is 0.823. The normalized spacial score (nSPS) is 18.9. The third-order valence-electron chi connectivity index (χ3n) is 3.45. The van der Waals surface area contributed by atoms with Crippen LogP contribution in [0.2, 0.25) is 0 Å². The minimum atomic E-state index is -0.445. The Labute approximate surface area is 119 Å². The van der Waals surface area contributed by atoms with Crippen LogP contribution in [0.1, 0.15) is 21.7 Å². The summed E-state index contributed by atoms with van der Waals surface area (Å²) >= 11 is 0. The van der Waals surface area contributed by atoms with Crippen LogP contribution in [0.25, 0.3) is 0 Å². The Kier molecular flexibility index (Phi) is 4.57. The van der Waals surface area contributed by atoms with Crippen LogP contribution >= 0.6 is 0 Å². The molecule has 2 heterocycles. The highest BCUT2D eigenvalue weighted by Crippen LogP contribution is 2.23. The highest BCUT2D eigenvalue weighted by molar-refractivity contribution is 5.99. The van der Waals surface area contributed by atoms with Crippen molar-refractivity contribution in [2.45, 2.75) is 20.0 Å². The average molecular weight is 278 g/mol. The Balaban J connectivity index is 2.23. The molecule has 0 bridgehead atoms. The number of primary amides is 1. The van der Waals surface area contributed by atoms with Crippen molar-refractivity contribution in [1.82, 2.24) is 10.3 Å². The van der Waals surface area contributed by atoms with Crippen LogP contribution in [0.15, 0.2) is 6.07 Å². The molecule has 1 aliphatic rings. The van der Waals surface area contributed by atoms with Crippen LogP contribution in [-0.2, 0) is 4.74 Å². The van der Waals surface area contributed by atoms with Gasteiger partial charge in [-0.3, -0.25) is 9.78 Å². The van der Waals surface area contributed by atoms with Crippen molar-refractivity contribution in [3.05, 3.63) is 23.0 Å². The second kappa shape index (κ2) is 6.19. The van der Waals surface area contributed by atoms with Gasteiger partial charge in [-0.15, -0.1) is 0 Å². The number of pyridine rings is 1. The number of ether oxygens (including phenoxy) is 1. The summed E-state index contributed by atoms with van der Waals surface area (Å²) in [5.74, 6) is -0.445. The van der Waals surface area contributed by atoms with Gasteiger partial charge in [-0.05, 0) is 19.9 Å². The van der Waals surface area contributed by atoms with E-state index in [9.17, 15) is 4.79 Å². The molecular formula is C14H22N4O2. The monoisotopic (exact) mass is 278 g/mol. The second-order valence-electron chi connectivity index (χ2n) is 5.18. The van der Waals surface area contributed by atoms with E-state index >= 15 is 0 Å². The third-order valence-corrected chi connectivity index (χ3v) is 3.45. The van der Waals surface area contributed by atoms with Crippen LogP contribution in [0.3, 0.4) is 0 Å². The molecule has 1 fully saturated rings. The molecule has 0 spiro atoms. The Hall–Kier alpha value is -1.66. The molecule has 1 amide bonds. The first-order valence-electron chi connectivity index (χ1n) is 6.80. The van der Waals surface area contributed by atoms with Crippen molar-refractivity contribution in [2.75, 3.05) is 38.2 Å². The first-order chi connectivity index (χ1) is 9.49. The van der Waals surface area contributed by atoms with Gasteiger partial charge < -0.3 is 20.7 Å². The number of anilines is 1. The number of rotatable bonds is 4. The summed E-state index contributed by atoms with van der Waals surface area (Å²) in [6, 6.07) is 1.89. The van der Waals surface area contributed by atoms with Crippen molar-refractivity contribution in [3.63, 3.8) is 0 Å². The van der Waals surface area contributed by atoms with Gasteiger partial charge in [-0.25, -0.2) is 0 Å². The first-order valence-corrected chi connectivity index (χ1v) is 6.80. The van der Waals surface area contributed by atoms with Gasteiger partial charge >= 0.3 is 0 Å². The molecular weight excluding hydrogens is 256 g/mol. The van der Waals surface area contributed by atoms with Gasteiger partial charge in [-0.2, -0.15) is 0 Å². The van der Waals surface area contributed by atoms with E-state index in [2.05, 4.69) is 10.3 Å². The van der Waals surface area contributed by atoms with Gasteiger partial charge in [0.2, 0.25) is 0 Å². The number of nitrogens with one attached hydrogen (secondary N) is 1. The molecule has 6 heteroatoms. The number of carbonyl (C=O) groups excluding carboxylic acids is 1. The highest BCUT2D eigenvalue weighted by atomic mass is 16.5. The fraction of sp³-hybridized carbons (Fsp3) is 0.571. The zero-order chi connectivity index (χ0) is 14.7. The van der Waals surface area contributed by atoms with Gasteiger partial charge in [0, 0.05) is 32.4 Å². The van der Waals surface area contributed by atoms with Crippen LogP contribution in [-0.4, -0.2) is 50.3 Å². The Bertz CT molecular complexity index is 498. The van der Waals surface area contributed by atoms with E-state index in [1.54, 1.807) is 0 Å². The average Bonchev–Trinajstić information content (AvgIpc) is 2.38. The van der Waals surface area contributed by atoms with E-state index in [4.69, 9.17) is 10.5 Å². The van der Waals surface area contributed by atoms with Crippen LogP contribution in [0, 0.1) is 13.8 Å². The van der Waals surface area contributed by atoms with E-state index < -0.39 is 5.91 Å². The predicted octanol–water partition coefficient (Wildman–Crippen LogP) is 0.222. The molecule has 6 nitrogen and oxygen atoms in total. The standard InChI is InChI=1S/C14H22N4O2/c1-9-6-12(13(14(15)19)10(2)17-9)18(3)8-11-7-16-4-5-20-11/h6,11,16H,4-5,7-8H2,1-3H3,(H2,15,19). The lowest BCUT2D eigenvalue weighted by atomic mass is 10.1. The van der Waals surface area contributed by atoms with Crippen molar-refractivity contribution >= 4 is 11.6 Å². The molecule has 0 radical (unpaired) electrons. The molecule has 0 aliphatic carbocycles. The Morgan fingerprint density at radius 1 is 1.60 bits per heavy atom. The van der Waals surface area contributed by atoms with E-state index in [1.165, 1.54) is 0 Å². The molecule has 1 aromatic rings. The van der Waals surface area contributed by atoms with Crippen molar-refractivity contribution in [1.29, 1.82) is 0 Å². The molecule has 0 aromatic carbocycles. The lowest BCUT2D eigenvalue weighted by molar-refractivity contribution is 0.0340. The molecule has 1 saturated heterocycles. The zero-order valence-corrected chi connectivity index (χ0v) is 12.3. The first kappa shape index (κ1) is 14.7. The predicted molar refractivity (Wildman–Crippen MR) is 78.1 cm³/mol. The number of amides is 1. The van der Waals surface area contributed by atoms with Crippen molar-refractivity contribution < 1.29 is 9.53 Å². The van der Waals surface area contributed by atoms with E-state index in [0.717, 1.165) is 31.1 Å². The number of hydrogen-bond acceptors (Lipinski definition) is 5. The highest BCUT2D eigenvalue weighted by Gasteiger charge is 2.20. The van der Waals surface area contributed by atoms with E-state index in [1.807, 2.05) is 31.9 Å². The Morgan fingerprint density at radius 3 is 2.95 bits per heavy atom. The van der Waals surface area contributed by atoms with Gasteiger partial charge in [0.15, 0.2) is 0 Å². The van der Waals surface area contributed by atoms with Gasteiger partial charge in [0.05, 0.1) is 29.7 Å². The molecule has 0 saturated carbocycles. The summed E-state index contributed by atoms with van der Waals surface area (Å²) in [6.07, 6.45) is 0.114. The Morgan fingerprint density at radius 2 is 2.35 bits per heavy atom. The molecule has 1 aliphatic heterocycles. The summed E-state index contributed by atoms with van der Waals surface area (Å²) in [7, 11) is 1.94. The molecule has 3 N–H and O–H groups in total. The second-order valence-corrected chi connectivity index (χ2v) is 5.18. The molecule has 20 heavy (non-hydrogen) atoms. The number of likely N-dealkylation sites (N-methyl/N-ethyl adjacent to an activating group) is 1. The van der Waals surface area contributed by atoms with Crippen LogP contribution in [0.4, 0.5) is 5.69 Å². The van der Waals surface area contributed by atoms with Gasteiger partial charge in [0.1, 0.15) is 0 Å². The number of aromatic nitrogens is 1. The minimum Gasteiger partial charge on any atom is -0.374 e. The van der Waals surface area contributed by atoms with E-state index in [0.29, 0.717) is 17.8 Å². The number of carbonyl (C=O) groups is 1. The maximum Gasteiger partial charge on any atom is 0.252 e. The van der Waals surface area contributed by atoms with Gasteiger partial charge in [0.25, 0.3) is 5.91 Å². The molecule has 1 atom stereocenters. The summed E-state index contributed by atoms with van der Waals surface area (Å²) < 4.78 is 5.69.